The highest BCUT2D eigenvalue weighted by Crippen LogP contribution is 2.32. The molecule has 9 aromatic carbocycles. The van der Waals surface area contributed by atoms with Crippen LogP contribution in [0.3, 0.4) is 0 Å². The number of fused-ring (bicyclic) bond motifs is 3. The smallest absolute Gasteiger partial charge is 0.409 e. The maximum Gasteiger partial charge on any atom is 0.409 e. The van der Waals surface area contributed by atoms with E-state index in [1.807, 2.05) is 66.7 Å². The molecule has 0 radical (unpaired) electrons. The number of ether oxygens (including phenoxy) is 9. The number of esters is 3. The third kappa shape index (κ3) is 26.3. The van der Waals surface area contributed by atoms with Gasteiger partial charge in [-0.1, -0.05) is 172 Å². The lowest BCUT2D eigenvalue weighted by atomic mass is 9.98. The highest BCUT2D eigenvalue weighted by atomic mass is 79.9. The van der Waals surface area contributed by atoms with Gasteiger partial charge in [-0.15, -0.1) is 0 Å². The minimum atomic E-state index is -1.99. The quantitative estimate of drug-likeness (QED) is 0.0118. The number of alkyl carbamates (subject to hydrolysis) is 3. The summed E-state index contributed by atoms with van der Waals surface area (Å²) in [7, 11) is 8.12. The number of methoxy groups -OCH3 is 6. The lowest BCUT2D eigenvalue weighted by Gasteiger charge is -2.30. The summed E-state index contributed by atoms with van der Waals surface area (Å²) in [6.07, 6.45) is -2.51. The van der Waals surface area contributed by atoms with Gasteiger partial charge in [-0.2, -0.15) is 0 Å². The van der Waals surface area contributed by atoms with Crippen LogP contribution in [0.25, 0.3) is 0 Å². The van der Waals surface area contributed by atoms with Crippen molar-refractivity contribution in [2.45, 2.75) is 62.1 Å². The Labute approximate surface area is 718 Å². The number of amides is 9. The minimum absolute atomic E-state index is 0.0524. The summed E-state index contributed by atoms with van der Waals surface area (Å²) < 4.78 is 84.0. The highest BCUT2D eigenvalue weighted by molar-refractivity contribution is 9.09. The third-order valence-corrected chi connectivity index (χ3v) is 19.0. The molecule has 634 valence electrons. The number of imide groups is 1. The molecule has 0 bridgehead atoms. The van der Waals surface area contributed by atoms with Crippen molar-refractivity contribution in [1.29, 1.82) is 0 Å². The van der Waals surface area contributed by atoms with E-state index in [-0.39, 0.29) is 63.7 Å². The van der Waals surface area contributed by atoms with Crippen LogP contribution in [-0.4, -0.2) is 164 Å². The zero-order chi connectivity index (χ0) is 88.6. The molecule has 0 spiro atoms. The molecule has 0 saturated carbocycles. The van der Waals surface area contributed by atoms with Crippen molar-refractivity contribution >= 4 is 93.4 Å². The molecule has 28 nitrogen and oxygen atoms in total. The van der Waals surface area contributed by atoms with Crippen LogP contribution in [0.1, 0.15) is 81.1 Å². The van der Waals surface area contributed by atoms with E-state index in [4.69, 9.17) is 44.8 Å². The van der Waals surface area contributed by atoms with Crippen LogP contribution in [0.2, 0.25) is 0 Å². The maximum atomic E-state index is 13.4. The van der Waals surface area contributed by atoms with Crippen molar-refractivity contribution in [1.82, 2.24) is 41.3 Å². The van der Waals surface area contributed by atoms with Crippen LogP contribution >= 0.6 is 27.5 Å². The number of hydrogen-bond acceptors (Lipinski definition) is 20. The van der Waals surface area contributed by atoms with Crippen molar-refractivity contribution in [3.8, 4) is 52.8 Å². The maximum absolute atomic E-state index is 13.4. The summed E-state index contributed by atoms with van der Waals surface area (Å²) in [5.74, 6) is 13.3. The van der Waals surface area contributed by atoms with Gasteiger partial charge in [0.1, 0.15) is 54.5 Å². The number of alkyl halides is 2. The Bertz CT molecular complexity index is 5520. The standard InChI is InChI=1S/C29H25FN2O6.C21H16FN3O4.C19H16FNO4.C11H12ClNO4.C10H10BrNO2/c1-36-24-13-10-22-17-32(26(33)25(22)16-24)19-29(27(34)37-2,15-14-20-8-11-23(30)12-9-20)31-28(35)38-18-21-6-4-3-5-7-21;1-29-16-7-4-14-11-25(18(26)17(14)10-16)12-21(19(27)23-20(28)24-21)9-8-13-2-5-15(22)6-3-13;1-24-18(22)17(12-9-14-7-10-16(20)11-8-14)21-19(23)25-13-15-5-3-2-4-6-15;1-16-10(14)9(12)13-11(15)17-7-8-5-3-2-4-6-8;1-14-8-3-2-7-5-12(6-11)10(13)9(7)4-8/h3-13,16H,17-19H2,1-2H3,(H,31,35);2-7,10H,11-12H2,1H3,(H2,23,24,27,28);2-8,10-11,17H,13H2,1H3,(H,21,23);2-6,9H,7H2,1H3,(H,13,15);2-4H,5-6H2,1H3. The Morgan fingerprint density at radius 1 is 0.488 bits per heavy atom. The molecule has 4 atom stereocenters. The van der Waals surface area contributed by atoms with Gasteiger partial charge in [0.05, 0.1) is 61.2 Å². The van der Waals surface area contributed by atoms with Crippen molar-refractivity contribution < 1.29 is 109 Å². The molecule has 13 rings (SSSR count). The van der Waals surface area contributed by atoms with Gasteiger partial charge < -0.3 is 62.6 Å². The fourth-order valence-electron chi connectivity index (χ4n) is 11.7. The topological polar surface area (TPSA) is 341 Å². The number of carbonyl (C=O) groups excluding carboxylic acids is 11. The van der Waals surface area contributed by atoms with Crippen LogP contribution in [0.4, 0.5) is 32.3 Å². The number of urea groups is 1. The van der Waals surface area contributed by atoms with E-state index in [0.29, 0.717) is 51.3 Å². The molecule has 1 fully saturated rings. The summed E-state index contributed by atoms with van der Waals surface area (Å²) in [5, 5.41) is 11.7. The van der Waals surface area contributed by atoms with Gasteiger partial charge in [0.15, 0.2) is 6.04 Å². The molecule has 9 amide bonds. The van der Waals surface area contributed by atoms with Crippen LogP contribution in [-0.2, 0) is 87.1 Å². The molecule has 4 unspecified atom stereocenters. The summed E-state index contributed by atoms with van der Waals surface area (Å²) in [6.45, 7) is 0.798. The number of hydrogen-bond donors (Lipinski definition) is 5. The van der Waals surface area contributed by atoms with Gasteiger partial charge in [0, 0.05) is 53.0 Å². The van der Waals surface area contributed by atoms with Crippen LogP contribution in [0, 0.1) is 53.0 Å². The molecule has 33 heteroatoms. The minimum Gasteiger partial charge on any atom is -0.497 e. The van der Waals surface area contributed by atoms with E-state index in [0.717, 1.165) is 51.8 Å². The SMILES string of the molecule is COC(=O)C(C#Cc1ccc(F)cc1)(CN1Cc2ccc(OC)cc2C1=O)NC(=O)OCc1ccccc1.COC(=O)C(C#Cc1ccc(F)cc1)NC(=O)OCc1ccccc1.COC(=O)C(Cl)NC(=O)OCc1ccccc1.COc1ccc2c(c1)C(=O)N(CBr)C2.COc1ccc2c(c1)C(=O)N(CC1(C#Cc3ccc(F)cc3)NC(=O)NC1=O)C2. The molecule has 9 aromatic rings. The predicted octanol–water partition coefficient (Wildman–Crippen LogP) is 11.4. The highest BCUT2D eigenvalue weighted by Gasteiger charge is 2.49. The molecule has 123 heavy (non-hydrogen) atoms. The first-order chi connectivity index (χ1) is 59.2. The van der Waals surface area contributed by atoms with Gasteiger partial charge in [-0.05, 0) is 143 Å². The van der Waals surface area contributed by atoms with E-state index >= 15 is 0 Å². The average Bonchev–Trinajstić information content (AvgIpc) is 1.63. The first kappa shape index (κ1) is 92.1. The zero-order valence-electron chi connectivity index (χ0n) is 66.7. The third-order valence-electron chi connectivity index (χ3n) is 18.1. The first-order valence-corrected chi connectivity index (χ1v) is 38.5. The lowest BCUT2D eigenvalue weighted by molar-refractivity contribution is -0.146. The van der Waals surface area contributed by atoms with Gasteiger partial charge >= 0.3 is 42.2 Å². The van der Waals surface area contributed by atoms with E-state index in [1.165, 1.54) is 111 Å². The fourth-order valence-corrected chi connectivity index (χ4v) is 12.3. The van der Waals surface area contributed by atoms with Crippen molar-refractivity contribution in [3.63, 3.8) is 0 Å². The summed E-state index contributed by atoms with van der Waals surface area (Å²) in [5.41, 5.74) is 3.72. The Hall–Kier alpha value is -14.8. The monoisotopic (exact) mass is 1760 g/mol. The van der Waals surface area contributed by atoms with Gasteiger partial charge in [0.25, 0.3) is 23.6 Å². The number of nitrogens with one attached hydrogen (secondary N) is 5. The van der Waals surface area contributed by atoms with Crippen molar-refractivity contribution in [2.75, 3.05) is 61.2 Å². The molecule has 0 aromatic heterocycles. The Balaban J connectivity index is 0.000000182. The summed E-state index contributed by atoms with van der Waals surface area (Å²) >= 11 is 8.81. The summed E-state index contributed by atoms with van der Waals surface area (Å²) in [6, 6.07) is 57.4. The van der Waals surface area contributed by atoms with Gasteiger partial charge in [-0.3, -0.25) is 40.4 Å². The van der Waals surface area contributed by atoms with E-state index in [2.05, 4.69) is 87.5 Å². The Morgan fingerprint density at radius 2 is 0.886 bits per heavy atom. The predicted molar refractivity (Wildman–Crippen MR) is 443 cm³/mol. The summed E-state index contributed by atoms with van der Waals surface area (Å²) in [4.78, 5) is 138. The molecule has 4 aliphatic rings. The molecule has 5 N–H and O–H groups in total. The Kier molecular flexibility index (Phi) is 33.6. The zero-order valence-corrected chi connectivity index (χ0v) is 69.0. The second-order valence-corrected chi connectivity index (χ2v) is 27.4. The fraction of sp³-hybridized carbons (Fsp3) is 0.211. The molecular formula is C90H79BrClF3N8O20. The second-order valence-electron chi connectivity index (χ2n) is 26.5. The first-order valence-electron chi connectivity index (χ1n) is 37.0. The second kappa shape index (κ2) is 44.8. The van der Waals surface area contributed by atoms with Gasteiger partial charge in [-0.25, -0.2) is 46.7 Å². The average molecular weight is 1770 g/mol. The van der Waals surface area contributed by atoms with Crippen molar-refractivity contribution in [2.24, 2.45) is 0 Å². The van der Waals surface area contributed by atoms with Crippen LogP contribution < -0.4 is 40.8 Å². The number of rotatable bonds is 20. The molecule has 4 aliphatic heterocycles. The number of carbonyl (C=O) groups is 11. The molecule has 0 aliphatic carbocycles. The number of nitrogens with zero attached hydrogens (tertiary/aromatic N) is 3. The van der Waals surface area contributed by atoms with Gasteiger partial charge in [0.2, 0.25) is 16.6 Å². The molecular weight excluding hydrogens is 1690 g/mol. The number of benzene rings is 9. The molecule has 4 heterocycles. The van der Waals surface area contributed by atoms with Crippen molar-refractivity contribution in [3.05, 3.63) is 303 Å². The van der Waals surface area contributed by atoms with Crippen LogP contribution in [0.5, 0.6) is 17.2 Å². The normalized spacial score (nSPS) is 14.3. The van der Waals surface area contributed by atoms with Crippen LogP contribution in [0.15, 0.2) is 218 Å². The largest absolute Gasteiger partial charge is 0.497 e. The lowest BCUT2D eigenvalue weighted by Crippen LogP contribution is -2.60. The molecule has 1 saturated heterocycles. The number of halogens is 5. The van der Waals surface area contributed by atoms with E-state index < -0.39 is 88.2 Å². The van der Waals surface area contributed by atoms with E-state index in [1.54, 1.807) is 90.9 Å². The van der Waals surface area contributed by atoms with E-state index in [9.17, 15) is 65.9 Å². The Morgan fingerprint density at radius 3 is 1.30 bits per heavy atom.